The first-order valence-corrected chi connectivity index (χ1v) is 17.7. The Hall–Kier alpha value is -3.68. The largest absolute Gasteiger partial charge is 0.443 e. The number of sulfonamides is 1. The smallest absolute Gasteiger partial charge is 0.423 e. The zero-order valence-corrected chi connectivity index (χ0v) is 30.1. The Labute approximate surface area is 279 Å². The van der Waals surface area contributed by atoms with Gasteiger partial charge in [-0.15, -0.1) is 0 Å². The maximum absolute atomic E-state index is 13.6. The second-order valence-corrected chi connectivity index (χ2v) is 17.8. The van der Waals surface area contributed by atoms with Crippen LogP contribution in [0.5, 0.6) is 0 Å². The molecule has 1 heterocycles. The molecule has 1 aromatic heterocycles. The van der Waals surface area contributed by atoms with E-state index < -0.39 is 60.3 Å². The number of aromatic nitrogens is 1. The summed E-state index contributed by atoms with van der Waals surface area (Å²) < 4.78 is 63.5. The molecule has 3 atom stereocenters. The van der Waals surface area contributed by atoms with Gasteiger partial charge >= 0.3 is 6.09 Å². The summed E-state index contributed by atoms with van der Waals surface area (Å²) in [5, 5.41) is -1.11. The molecule has 0 aliphatic heterocycles. The summed E-state index contributed by atoms with van der Waals surface area (Å²) >= 11 is 0. The normalized spacial score (nSPS) is 14.3. The fourth-order valence-electron chi connectivity index (χ4n) is 4.83. The lowest BCUT2D eigenvalue weighted by Crippen LogP contribution is -2.42. The van der Waals surface area contributed by atoms with Gasteiger partial charge in [0.2, 0.25) is 10.0 Å². The van der Waals surface area contributed by atoms with Crippen molar-refractivity contribution in [2.75, 3.05) is 7.05 Å². The third-order valence-electron chi connectivity index (χ3n) is 7.43. The number of pyridine rings is 1. The van der Waals surface area contributed by atoms with Crippen LogP contribution in [0, 0.1) is 5.82 Å². The van der Waals surface area contributed by atoms with Crippen LogP contribution in [0.2, 0.25) is 0 Å². The maximum Gasteiger partial charge on any atom is 0.423 e. The molecule has 0 fully saturated rings. The number of carbonyl (C=O) groups excluding carboxylic acids is 2. The average molecular weight is 690 g/mol. The van der Waals surface area contributed by atoms with Gasteiger partial charge in [0.15, 0.2) is 5.78 Å². The Morgan fingerprint density at radius 2 is 1.53 bits per heavy atom. The minimum Gasteiger partial charge on any atom is -0.443 e. The molecule has 2 aromatic carbocycles. The van der Waals surface area contributed by atoms with Crippen LogP contribution in [0.25, 0.3) is 11.1 Å². The van der Waals surface area contributed by atoms with E-state index in [0.717, 1.165) is 7.05 Å². The van der Waals surface area contributed by atoms with Gasteiger partial charge in [-0.05, 0) is 109 Å². The Morgan fingerprint density at radius 3 is 2.09 bits per heavy atom. The average Bonchev–Trinajstić information content (AvgIpc) is 2.96. The Kier molecular flexibility index (Phi) is 11.4. The van der Waals surface area contributed by atoms with Gasteiger partial charge in [0.05, 0.1) is 27.0 Å². The topological polar surface area (TPSA) is 132 Å². The predicted octanol–water partition coefficient (Wildman–Crippen LogP) is 5.66. The molecular weight excluding hydrogens is 646 g/mol. The SMILES string of the molecule is C[C@H](NS(=O)C(C)(C)C)c1c(-c2cc(C(=O)c3ccc(F)cc3)ccc2C[C@H](C)S(=O)(=O)N(C)C(=O)OC(C)(C)C)ccc(=O)n1C. The highest BCUT2D eigenvalue weighted by Gasteiger charge is 2.34. The van der Waals surface area contributed by atoms with E-state index in [1.807, 2.05) is 20.8 Å². The number of rotatable bonds is 10. The number of ketones is 1. The number of amides is 1. The van der Waals surface area contributed by atoms with Crippen LogP contribution in [0.4, 0.5) is 9.18 Å². The van der Waals surface area contributed by atoms with Crippen molar-refractivity contribution in [3.63, 3.8) is 0 Å². The van der Waals surface area contributed by atoms with Crippen molar-refractivity contribution in [3.05, 3.63) is 93.2 Å². The van der Waals surface area contributed by atoms with Crippen molar-refractivity contribution in [2.45, 2.75) is 83.5 Å². The van der Waals surface area contributed by atoms with Gasteiger partial charge in [-0.1, -0.05) is 12.1 Å². The molecule has 1 unspecified atom stereocenters. The first-order chi connectivity index (χ1) is 21.5. The van der Waals surface area contributed by atoms with Gasteiger partial charge < -0.3 is 9.30 Å². The highest BCUT2D eigenvalue weighted by molar-refractivity contribution is 7.90. The van der Waals surface area contributed by atoms with Gasteiger partial charge in [0.1, 0.15) is 11.4 Å². The number of nitrogens with zero attached hydrogens (tertiary/aromatic N) is 2. The standard InChI is InChI=1S/C34H44FN3O7S2/c1-21(47(43,44)38(10)32(41)45-33(3,4)5)19-24-11-12-25(31(40)23-13-15-26(35)16-14-23)20-28(24)27-17-18-29(39)37(9)30(27)22(2)36-46(42)34(6,7)8/h11-18,20-22,36H,19H2,1-10H3/t21-,22-,46?/m0/s1. The number of nitrogens with one attached hydrogen (secondary N) is 1. The van der Waals surface area contributed by atoms with Gasteiger partial charge in [-0.25, -0.2) is 30.8 Å². The van der Waals surface area contributed by atoms with Crippen LogP contribution in [-0.2, 0) is 39.2 Å². The van der Waals surface area contributed by atoms with E-state index in [1.54, 1.807) is 59.0 Å². The van der Waals surface area contributed by atoms with Crippen molar-refractivity contribution in [1.82, 2.24) is 13.6 Å². The molecule has 0 saturated carbocycles. The Bertz CT molecular complexity index is 1840. The van der Waals surface area contributed by atoms with E-state index in [9.17, 15) is 31.4 Å². The molecule has 0 saturated heterocycles. The molecule has 0 aliphatic rings. The van der Waals surface area contributed by atoms with Crippen LogP contribution in [0.1, 0.15) is 88.6 Å². The lowest BCUT2D eigenvalue weighted by Gasteiger charge is -2.27. The van der Waals surface area contributed by atoms with E-state index in [4.69, 9.17) is 4.74 Å². The van der Waals surface area contributed by atoms with E-state index in [2.05, 4.69) is 4.72 Å². The highest BCUT2D eigenvalue weighted by atomic mass is 32.2. The van der Waals surface area contributed by atoms with E-state index in [1.165, 1.54) is 41.8 Å². The molecule has 1 amide bonds. The second-order valence-electron chi connectivity index (χ2n) is 13.5. The summed E-state index contributed by atoms with van der Waals surface area (Å²) in [6.07, 6.45) is -1.09. The molecular formula is C34H44FN3O7S2. The Morgan fingerprint density at radius 1 is 0.957 bits per heavy atom. The predicted molar refractivity (Wildman–Crippen MR) is 182 cm³/mol. The summed E-state index contributed by atoms with van der Waals surface area (Å²) in [5.41, 5.74) is 1.20. The van der Waals surface area contributed by atoms with Crippen molar-refractivity contribution in [1.29, 1.82) is 0 Å². The number of ether oxygens (including phenoxy) is 1. The van der Waals surface area contributed by atoms with Gasteiger partial charge in [0.25, 0.3) is 5.56 Å². The lowest BCUT2D eigenvalue weighted by molar-refractivity contribution is 0.0419. The third kappa shape index (κ3) is 9.02. The lowest BCUT2D eigenvalue weighted by atomic mass is 9.90. The zero-order chi connectivity index (χ0) is 35.6. The van der Waals surface area contributed by atoms with Crippen LogP contribution >= 0.6 is 0 Å². The molecule has 0 spiro atoms. The maximum atomic E-state index is 13.6. The minimum absolute atomic E-state index is 0.0756. The van der Waals surface area contributed by atoms with E-state index in [0.29, 0.717) is 26.7 Å². The highest BCUT2D eigenvalue weighted by Crippen LogP contribution is 2.33. The molecule has 1 N–H and O–H groups in total. The number of hydrogen-bond acceptors (Lipinski definition) is 7. The fraction of sp³-hybridized carbons (Fsp3) is 0.441. The molecule has 3 aromatic rings. The number of carbonyl (C=O) groups is 2. The second kappa shape index (κ2) is 14.2. The monoisotopic (exact) mass is 689 g/mol. The summed E-state index contributed by atoms with van der Waals surface area (Å²) in [5.74, 6) is -0.886. The summed E-state index contributed by atoms with van der Waals surface area (Å²) in [7, 11) is -3.00. The first-order valence-electron chi connectivity index (χ1n) is 15.1. The third-order valence-corrected chi connectivity index (χ3v) is 11.2. The molecule has 10 nitrogen and oxygen atoms in total. The minimum atomic E-state index is -4.21. The zero-order valence-electron chi connectivity index (χ0n) is 28.5. The Balaban J connectivity index is 2.21. The van der Waals surface area contributed by atoms with Crippen LogP contribution < -0.4 is 10.3 Å². The number of halogens is 1. The van der Waals surface area contributed by atoms with Gasteiger partial charge in [0, 0.05) is 42.5 Å². The van der Waals surface area contributed by atoms with Crippen molar-refractivity contribution >= 4 is 32.9 Å². The van der Waals surface area contributed by atoms with E-state index >= 15 is 0 Å². The molecule has 0 aliphatic carbocycles. The van der Waals surface area contributed by atoms with Crippen molar-refractivity contribution in [2.24, 2.45) is 7.05 Å². The quantitative estimate of drug-likeness (QED) is 0.272. The van der Waals surface area contributed by atoms with Crippen LogP contribution in [0.3, 0.4) is 0 Å². The van der Waals surface area contributed by atoms with Crippen molar-refractivity contribution < 1.29 is 31.3 Å². The molecule has 0 bridgehead atoms. The molecule has 13 heteroatoms. The molecule has 47 heavy (non-hydrogen) atoms. The van der Waals surface area contributed by atoms with E-state index in [-0.39, 0.29) is 23.1 Å². The van der Waals surface area contributed by atoms with Crippen LogP contribution in [-0.4, -0.2) is 56.0 Å². The fourth-order valence-corrected chi connectivity index (χ4v) is 6.79. The number of hydrogen-bond donors (Lipinski definition) is 1. The molecule has 256 valence electrons. The van der Waals surface area contributed by atoms with Gasteiger partial charge in [-0.3, -0.25) is 9.59 Å². The molecule has 3 rings (SSSR count). The summed E-state index contributed by atoms with van der Waals surface area (Å²) in [6.45, 7) is 13.6. The number of benzene rings is 2. The van der Waals surface area contributed by atoms with Crippen LogP contribution in [0.15, 0.2) is 59.4 Å². The molecule has 0 radical (unpaired) electrons. The van der Waals surface area contributed by atoms with Crippen molar-refractivity contribution in [3.8, 4) is 11.1 Å². The first kappa shape index (κ1) is 37.8. The summed E-state index contributed by atoms with van der Waals surface area (Å²) in [4.78, 5) is 39.1. The summed E-state index contributed by atoms with van der Waals surface area (Å²) in [6, 6.07) is 12.2. The van der Waals surface area contributed by atoms with Gasteiger partial charge in [-0.2, -0.15) is 0 Å².